The summed E-state index contributed by atoms with van der Waals surface area (Å²) >= 11 is 7.50. The molecule has 2 aliphatic rings. The Morgan fingerprint density at radius 3 is 2.48 bits per heavy atom. The van der Waals surface area contributed by atoms with Crippen molar-refractivity contribution < 1.29 is 22.7 Å². The van der Waals surface area contributed by atoms with E-state index in [1.165, 1.54) is 26.4 Å². The maximum Gasteiger partial charge on any atom is 0.323 e. The van der Waals surface area contributed by atoms with Gasteiger partial charge >= 0.3 is 12.4 Å². The molecule has 0 saturated heterocycles. The number of para-hydroxylation sites is 1. The molecule has 2 aromatic carbocycles. The van der Waals surface area contributed by atoms with Crippen molar-refractivity contribution in [2.45, 2.75) is 75.8 Å². The van der Waals surface area contributed by atoms with Gasteiger partial charge in [0.25, 0.3) is 0 Å². The molecule has 1 aliphatic carbocycles. The molecule has 244 valence electrons. The second kappa shape index (κ2) is 17.4. The van der Waals surface area contributed by atoms with E-state index < -0.39 is 21.7 Å². The summed E-state index contributed by atoms with van der Waals surface area (Å²) in [5, 5.41) is 0.518. The normalized spacial score (nSPS) is 21.4. The fourth-order valence-corrected chi connectivity index (χ4v) is 8.09. The van der Waals surface area contributed by atoms with Gasteiger partial charge in [-0.2, -0.15) is 0 Å². The zero-order valence-electron chi connectivity index (χ0n) is 26.2. The molecule has 9 nitrogen and oxygen atoms in total. The van der Waals surface area contributed by atoms with E-state index in [1.54, 1.807) is 0 Å². The van der Waals surface area contributed by atoms with E-state index in [0.717, 1.165) is 36.3 Å². The van der Waals surface area contributed by atoms with Gasteiger partial charge in [-0.3, -0.25) is 9.59 Å². The quantitative estimate of drug-likeness (QED) is 0.0771. The average Bonchev–Trinajstić information content (AvgIpc) is 3.11. The molecule has 1 aliphatic heterocycles. The van der Waals surface area contributed by atoms with Gasteiger partial charge in [-0.05, 0) is 86.8 Å². The highest BCUT2D eigenvalue weighted by Crippen LogP contribution is 2.43. The van der Waals surface area contributed by atoms with Crippen LogP contribution in [0.25, 0.3) is 0 Å². The van der Waals surface area contributed by atoms with Crippen LogP contribution in [0.2, 0.25) is 5.02 Å². The Morgan fingerprint density at radius 1 is 1.23 bits per heavy atom. The van der Waals surface area contributed by atoms with Crippen molar-refractivity contribution in [2.75, 3.05) is 32.1 Å². The van der Waals surface area contributed by atoms with Gasteiger partial charge in [-0.15, -0.1) is 0 Å². The molecule has 3 atom stereocenters. The van der Waals surface area contributed by atoms with E-state index in [9.17, 15) is 13.8 Å². The van der Waals surface area contributed by atoms with Crippen LogP contribution < -0.4 is 15.4 Å². The fourth-order valence-electron chi connectivity index (χ4n) is 5.61. The number of nitrogens with two attached hydrogens (primary N) is 1. The van der Waals surface area contributed by atoms with Gasteiger partial charge in [-0.25, -0.2) is 13.2 Å². The maximum atomic E-state index is 14.5. The van der Waals surface area contributed by atoms with Crippen LogP contribution in [0.1, 0.15) is 57.9 Å². The van der Waals surface area contributed by atoms with Crippen molar-refractivity contribution in [1.29, 1.82) is 0 Å². The van der Waals surface area contributed by atoms with Crippen molar-refractivity contribution in [3.63, 3.8) is 0 Å². The molecule has 4 rings (SSSR count). The monoisotopic (exact) mass is 666 g/mol. The van der Waals surface area contributed by atoms with E-state index in [2.05, 4.69) is 45.7 Å². The molecule has 1 heterocycles. The number of nitrogens with one attached hydrogen (secondary N) is 1. The Bertz CT molecular complexity index is 1320. The van der Waals surface area contributed by atoms with Gasteiger partial charge in [0, 0.05) is 23.3 Å². The minimum Gasteiger partial charge on any atom is -0.468 e. The van der Waals surface area contributed by atoms with Crippen molar-refractivity contribution in [1.82, 2.24) is 9.03 Å². The first kappa shape index (κ1) is 36.2. The third kappa shape index (κ3) is 9.37. The van der Waals surface area contributed by atoms with Gasteiger partial charge in [-0.1, -0.05) is 62.9 Å². The number of likely N-dealkylation sites (N-methyl/N-ethyl adjacent to an activating group) is 1. The highest BCUT2D eigenvalue weighted by molar-refractivity contribution is 7.98. The molecule has 12 heteroatoms. The van der Waals surface area contributed by atoms with Crippen LogP contribution in [0.5, 0.6) is 0 Å². The van der Waals surface area contributed by atoms with E-state index in [4.69, 9.17) is 22.1 Å². The number of carbonyl (C=O) groups is 2. The number of hydrogen-bond donors (Lipinski definition) is 2. The van der Waals surface area contributed by atoms with E-state index in [1.807, 2.05) is 41.7 Å². The van der Waals surface area contributed by atoms with Crippen molar-refractivity contribution in [3.05, 3.63) is 53.1 Å². The zero-order valence-corrected chi connectivity index (χ0v) is 28.6. The predicted octanol–water partition coefficient (Wildman–Crippen LogP) is 5.76. The third-order valence-corrected chi connectivity index (χ3v) is 11.4. The molecule has 0 amide bonds. The van der Waals surface area contributed by atoms with Crippen LogP contribution in [0.3, 0.4) is 0 Å². The van der Waals surface area contributed by atoms with Gasteiger partial charge < -0.3 is 19.6 Å². The summed E-state index contributed by atoms with van der Waals surface area (Å²) in [6.07, 6.45) is 6.57. The molecule has 0 aromatic heterocycles. The Labute approximate surface area is 272 Å². The first-order valence-electron chi connectivity index (χ1n) is 15.1. The molecule has 3 N–H and O–H groups in total. The summed E-state index contributed by atoms with van der Waals surface area (Å²) in [7, 11) is 0.381. The zero-order chi connectivity index (χ0) is 32.3. The SMILES string of the molecule is C=S1(=O)c2cc(CCC(NSOC=O)C(=O)OC)c(Cl)cc2N(c2ccccc2)C[C@@H](C2CCCCC2)N1C.CC(C)CN. The smallest absolute Gasteiger partial charge is 0.323 e. The lowest BCUT2D eigenvalue weighted by Gasteiger charge is -2.38. The van der Waals surface area contributed by atoms with Crippen molar-refractivity contribution >= 4 is 63.2 Å². The number of rotatable bonds is 11. The fraction of sp³-hybridized carbons (Fsp3) is 0.531. The number of ether oxygens (including phenoxy) is 1. The molecule has 0 spiro atoms. The molecule has 1 saturated carbocycles. The Hall–Kier alpha value is -2.28. The van der Waals surface area contributed by atoms with Crippen LogP contribution in [-0.4, -0.2) is 66.2 Å². The largest absolute Gasteiger partial charge is 0.468 e. The number of anilines is 2. The maximum absolute atomic E-state index is 14.5. The van der Waals surface area contributed by atoms with Gasteiger partial charge in [0.15, 0.2) is 0 Å². The van der Waals surface area contributed by atoms with Crippen LogP contribution in [0.15, 0.2) is 47.4 Å². The number of halogens is 1. The number of fused-ring (bicyclic) bond motifs is 1. The number of carbonyl (C=O) groups excluding carboxylic acids is 2. The number of benzene rings is 2. The standard InChI is InChI=1S/C28H36ClN3O5S2.C4H11N/c1-31-26(20-10-6-4-7-11-20)18-32(22-12-8-5-9-13-22)25-17-23(29)21(16-27(25)39(31,3)35)14-15-24(28(34)36-2)30-38-37-19-33;1-4(2)3-5/h5,8-9,12-13,16-17,19-20,24,26,30H,3-4,6-7,10-11,14-15,18H2,1-2H3;4H,3,5H2,1-2H3/t24?,26-,39?;/m0./s1. The lowest BCUT2D eigenvalue weighted by Crippen LogP contribution is -2.46. The molecule has 44 heavy (non-hydrogen) atoms. The second-order valence-electron chi connectivity index (χ2n) is 11.6. The van der Waals surface area contributed by atoms with Crippen molar-refractivity contribution in [3.8, 4) is 0 Å². The molecule has 2 unspecified atom stereocenters. The summed E-state index contributed by atoms with van der Waals surface area (Å²) < 4.78 is 28.8. The Balaban J connectivity index is 0.000000978. The summed E-state index contributed by atoms with van der Waals surface area (Å²) in [5.74, 6) is 4.89. The summed E-state index contributed by atoms with van der Waals surface area (Å²) in [6.45, 7) is 5.96. The lowest BCUT2D eigenvalue weighted by atomic mass is 9.83. The van der Waals surface area contributed by atoms with E-state index >= 15 is 0 Å². The van der Waals surface area contributed by atoms with Crippen molar-refractivity contribution in [2.24, 2.45) is 17.6 Å². The number of esters is 1. The van der Waals surface area contributed by atoms with Crippen LogP contribution in [0, 0.1) is 11.8 Å². The number of hydrogen-bond acceptors (Lipinski definition) is 9. The topological polar surface area (TPSA) is 114 Å². The van der Waals surface area contributed by atoms with E-state index in [-0.39, 0.29) is 12.5 Å². The molecular formula is C32H47ClN4O5S2. The van der Waals surface area contributed by atoms with Crippen LogP contribution in [0.4, 0.5) is 11.4 Å². The number of methoxy groups -OCH3 is 1. The van der Waals surface area contributed by atoms with Gasteiger partial charge in [0.2, 0.25) is 0 Å². The third-order valence-electron chi connectivity index (χ3n) is 8.26. The summed E-state index contributed by atoms with van der Waals surface area (Å²) in [5.41, 5.74) is 7.72. The van der Waals surface area contributed by atoms with Gasteiger partial charge in [0.05, 0.1) is 27.4 Å². The number of aryl methyl sites for hydroxylation is 1. The van der Waals surface area contributed by atoms with Crippen LogP contribution >= 0.6 is 23.8 Å². The van der Waals surface area contributed by atoms with Gasteiger partial charge in [0.1, 0.15) is 18.3 Å². The Morgan fingerprint density at radius 2 is 1.89 bits per heavy atom. The first-order chi connectivity index (χ1) is 21.0. The predicted molar refractivity (Wildman–Crippen MR) is 182 cm³/mol. The minimum absolute atomic E-state index is 0.0629. The summed E-state index contributed by atoms with van der Waals surface area (Å²) in [4.78, 5) is 25.6. The molecule has 0 radical (unpaired) electrons. The molecule has 1 fully saturated rings. The summed E-state index contributed by atoms with van der Waals surface area (Å²) in [6, 6.07) is 13.2. The number of nitrogens with zero attached hydrogens (tertiary/aromatic N) is 2. The molecule has 2 aromatic rings. The highest BCUT2D eigenvalue weighted by atomic mass is 35.5. The first-order valence-corrected chi connectivity index (χ1v) is 17.9. The van der Waals surface area contributed by atoms with Crippen LogP contribution in [-0.2, 0) is 34.6 Å². The molecule has 0 bridgehead atoms. The lowest BCUT2D eigenvalue weighted by molar-refractivity contribution is -0.142. The highest BCUT2D eigenvalue weighted by Gasteiger charge is 2.38. The minimum atomic E-state index is -2.85. The Kier molecular flexibility index (Phi) is 14.3. The average molecular weight is 667 g/mol. The second-order valence-corrected chi connectivity index (χ2v) is 14.9. The molecular weight excluding hydrogens is 620 g/mol. The van der Waals surface area contributed by atoms with E-state index in [0.29, 0.717) is 53.4 Å².